The van der Waals surface area contributed by atoms with E-state index in [1.807, 2.05) is 36.5 Å². The molecule has 108 valence electrons. The van der Waals surface area contributed by atoms with Gasteiger partial charge in [0.15, 0.2) is 0 Å². The molecular formula is C17H18N2O2. The third kappa shape index (κ3) is 3.11. The van der Waals surface area contributed by atoms with Crippen LogP contribution in [-0.4, -0.2) is 34.0 Å². The first-order valence-electron chi connectivity index (χ1n) is 7.16. The maximum absolute atomic E-state index is 11.5. The van der Waals surface area contributed by atoms with Crippen molar-refractivity contribution in [3.63, 3.8) is 0 Å². The van der Waals surface area contributed by atoms with E-state index in [1.54, 1.807) is 6.20 Å². The number of hydrogen-bond acceptors (Lipinski definition) is 3. The molecule has 2 aromatic rings. The van der Waals surface area contributed by atoms with Crippen LogP contribution in [0.25, 0.3) is 0 Å². The molecule has 0 saturated carbocycles. The van der Waals surface area contributed by atoms with Gasteiger partial charge in [-0.25, -0.2) is 0 Å². The summed E-state index contributed by atoms with van der Waals surface area (Å²) >= 11 is 0. The van der Waals surface area contributed by atoms with E-state index in [2.05, 4.69) is 16.0 Å². The number of pyridine rings is 1. The van der Waals surface area contributed by atoms with Gasteiger partial charge in [0, 0.05) is 32.0 Å². The van der Waals surface area contributed by atoms with Gasteiger partial charge in [-0.15, -0.1) is 0 Å². The molecule has 0 spiro atoms. The van der Waals surface area contributed by atoms with E-state index in [0.29, 0.717) is 6.54 Å². The minimum absolute atomic E-state index is 0.427. The molecule has 1 aliphatic rings. The van der Waals surface area contributed by atoms with Crippen LogP contribution in [-0.2, 0) is 17.8 Å². The predicted octanol–water partition coefficient (Wildman–Crippen LogP) is 2.31. The van der Waals surface area contributed by atoms with Crippen LogP contribution in [0.2, 0.25) is 0 Å². The second kappa shape index (κ2) is 6.06. The number of carboxylic acid groups (broad SMARTS) is 1. The van der Waals surface area contributed by atoms with Crippen molar-refractivity contribution < 1.29 is 9.90 Å². The number of fused-ring (bicyclic) bond motifs is 1. The summed E-state index contributed by atoms with van der Waals surface area (Å²) in [6, 6.07) is 11.8. The molecule has 1 atom stereocenters. The maximum Gasteiger partial charge on any atom is 0.312 e. The summed E-state index contributed by atoms with van der Waals surface area (Å²) < 4.78 is 0. The van der Waals surface area contributed by atoms with Crippen molar-refractivity contribution in [2.24, 2.45) is 0 Å². The average Bonchev–Trinajstić information content (AvgIpc) is 2.53. The highest BCUT2D eigenvalue weighted by atomic mass is 16.4. The van der Waals surface area contributed by atoms with Gasteiger partial charge < -0.3 is 5.11 Å². The minimum atomic E-state index is -0.742. The molecular weight excluding hydrogens is 264 g/mol. The van der Waals surface area contributed by atoms with Crippen LogP contribution in [0.3, 0.4) is 0 Å². The van der Waals surface area contributed by atoms with Gasteiger partial charge in [0.1, 0.15) is 0 Å². The zero-order valence-corrected chi connectivity index (χ0v) is 11.8. The summed E-state index contributed by atoms with van der Waals surface area (Å²) in [4.78, 5) is 17.8. The van der Waals surface area contributed by atoms with Crippen LogP contribution in [0.1, 0.15) is 22.6 Å². The highest BCUT2D eigenvalue weighted by molar-refractivity contribution is 5.77. The van der Waals surface area contributed by atoms with Crippen LogP contribution >= 0.6 is 0 Å². The van der Waals surface area contributed by atoms with E-state index in [9.17, 15) is 9.90 Å². The number of carbonyl (C=O) groups is 1. The Morgan fingerprint density at radius 2 is 2.14 bits per heavy atom. The zero-order chi connectivity index (χ0) is 14.7. The summed E-state index contributed by atoms with van der Waals surface area (Å²) in [5.74, 6) is -1.17. The van der Waals surface area contributed by atoms with Crippen molar-refractivity contribution in [2.75, 3.05) is 13.1 Å². The van der Waals surface area contributed by atoms with Crippen molar-refractivity contribution in [1.29, 1.82) is 0 Å². The van der Waals surface area contributed by atoms with E-state index in [-0.39, 0.29) is 0 Å². The lowest BCUT2D eigenvalue weighted by molar-refractivity contribution is -0.139. The highest BCUT2D eigenvalue weighted by Gasteiger charge is 2.29. The van der Waals surface area contributed by atoms with Gasteiger partial charge >= 0.3 is 5.97 Å². The maximum atomic E-state index is 11.5. The van der Waals surface area contributed by atoms with Crippen molar-refractivity contribution in [3.8, 4) is 0 Å². The summed E-state index contributed by atoms with van der Waals surface area (Å²) in [6.45, 7) is 2.25. The van der Waals surface area contributed by atoms with Crippen LogP contribution in [0.15, 0.2) is 48.8 Å². The van der Waals surface area contributed by atoms with Crippen LogP contribution < -0.4 is 0 Å². The van der Waals surface area contributed by atoms with Gasteiger partial charge in [0.05, 0.1) is 5.92 Å². The van der Waals surface area contributed by atoms with E-state index in [1.165, 1.54) is 5.56 Å². The van der Waals surface area contributed by atoms with Crippen LogP contribution in [0.4, 0.5) is 0 Å². The van der Waals surface area contributed by atoms with Crippen molar-refractivity contribution in [3.05, 3.63) is 65.5 Å². The molecule has 1 aliphatic heterocycles. The minimum Gasteiger partial charge on any atom is -0.481 e. The molecule has 0 fully saturated rings. The normalized spacial score (nSPS) is 18.2. The highest BCUT2D eigenvalue weighted by Crippen LogP contribution is 2.28. The van der Waals surface area contributed by atoms with E-state index in [4.69, 9.17) is 0 Å². The molecule has 0 saturated heterocycles. The lowest BCUT2D eigenvalue weighted by Gasteiger charge is -2.32. The molecule has 1 aromatic heterocycles. The van der Waals surface area contributed by atoms with Crippen molar-refractivity contribution >= 4 is 5.97 Å². The fraction of sp³-hybridized carbons (Fsp3) is 0.294. The van der Waals surface area contributed by atoms with E-state index in [0.717, 1.165) is 30.6 Å². The number of carboxylic acids is 1. The molecule has 0 radical (unpaired) electrons. The number of hydrogen-bond donors (Lipinski definition) is 1. The molecule has 1 unspecified atom stereocenters. The molecule has 2 heterocycles. The Morgan fingerprint density at radius 3 is 2.90 bits per heavy atom. The van der Waals surface area contributed by atoms with Crippen LogP contribution in [0.5, 0.6) is 0 Å². The largest absolute Gasteiger partial charge is 0.481 e. The molecule has 3 rings (SSSR count). The van der Waals surface area contributed by atoms with E-state index < -0.39 is 11.9 Å². The Hall–Kier alpha value is -2.20. The summed E-state index contributed by atoms with van der Waals surface area (Å²) in [6.07, 6.45) is 4.52. The fourth-order valence-corrected chi connectivity index (χ4v) is 2.89. The van der Waals surface area contributed by atoms with E-state index >= 15 is 0 Å². The third-order valence-corrected chi connectivity index (χ3v) is 4.00. The van der Waals surface area contributed by atoms with Gasteiger partial charge in [-0.1, -0.05) is 30.3 Å². The topological polar surface area (TPSA) is 53.4 Å². The molecule has 0 aliphatic carbocycles. The van der Waals surface area contributed by atoms with Gasteiger partial charge in [0.2, 0.25) is 0 Å². The predicted molar refractivity (Wildman–Crippen MR) is 80.0 cm³/mol. The molecule has 21 heavy (non-hydrogen) atoms. The first-order chi connectivity index (χ1) is 10.2. The lowest BCUT2D eigenvalue weighted by atomic mass is 9.89. The van der Waals surface area contributed by atoms with Crippen molar-refractivity contribution in [1.82, 2.24) is 9.88 Å². The standard InChI is InChI=1S/C17H18N2O2/c20-17(21)16-12-19(9-7-13-4-3-8-18-10-13)11-14-5-1-2-6-15(14)16/h1-6,8,10,16H,7,9,11-12H2,(H,20,21). The Kier molecular flexibility index (Phi) is 3.97. The fourth-order valence-electron chi connectivity index (χ4n) is 2.89. The molecule has 4 nitrogen and oxygen atoms in total. The monoisotopic (exact) mass is 282 g/mol. The molecule has 1 N–H and O–H groups in total. The van der Waals surface area contributed by atoms with Gasteiger partial charge in [0.25, 0.3) is 0 Å². The number of benzene rings is 1. The first-order valence-corrected chi connectivity index (χ1v) is 7.16. The second-order valence-corrected chi connectivity index (χ2v) is 5.44. The van der Waals surface area contributed by atoms with Gasteiger partial charge in [-0.05, 0) is 29.2 Å². The van der Waals surface area contributed by atoms with Gasteiger partial charge in [-0.2, -0.15) is 0 Å². The molecule has 1 aromatic carbocycles. The average molecular weight is 282 g/mol. The molecule has 4 heteroatoms. The Labute approximate surface area is 124 Å². The lowest BCUT2D eigenvalue weighted by Crippen LogP contribution is -2.37. The van der Waals surface area contributed by atoms with Gasteiger partial charge in [-0.3, -0.25) is 14.7 Å². The summed E-state index contributed by atoms with van der Waals surface area (Å²) in [7, 11) is 0. The number of rotatable bonds is 4. The number of nitrogens with zero attached hydrogens (tertiary/aromatic N) is 2. The third-order valence-electron chi connectivity index (χ3n) is 4.00. The zero-order valence-electron chi connectivity index (χ0n) is 11.8. The Morgan fingerprint density at radius 1 is 1.29 bits per heavy atom. The van der Waals surface area contributed by atoms with Crippen LogP contribution in [0, 0.1) is 0 Å². The smallest absolute Gasteiger partial charge is 0.312 e. The quantitative estimate of drug-likeness (QED) is 0.935. The number of aliphatic carboxylic acids is 1. The number of aromatic nitrogens is 1. The van der Waals surface area contributed by atoms with Crippen molar-refractivity contribution in [2.45, 2.75) is 18.9 Å². The SMILES string of the molecule is O=C(O)C1CN(CCc2cccnc2)Cc2ccccc21. The molecule has 0 bridgehead atoms. The Balaban J connectivity index is 1.73. The Bertz CT molecular complexity index is 628. The molecule has 0 amide bonds. The second-order valence-electron chi connectivity index (χ2n) is 5.44. The summed E-state index contributed by atoms with van der Waals surface area (Å²) in [5.41, 5.74) is 3.27. The summed E-state index contributed by atoms with van der Waals surface area (Å²) in [5, 5.41) is 9.45. The first kappa shape index (κ1) is 13.8.